The van der Waals surface area contributed by atoms with Gasteiger partial charge in [-0.25, -0.2) is 8.42 Å². The maximum atomic E-state index is 14.4. The van der Waals surface area contributed by atoms with E-state index in [9.17, 15) is 18.0 Å². The van der Waals surface area contributed by atoms with E-state index in [1.165, 1.54) is 17.0 Å². The minimum absolute atomic E-state index is 0.0697. The van der Waals surface area contributed by atoms with E-state index in [-0.39, 0.29) is 23.8 Å². The lowest BCUT2D eigenvalue weighted by Gasteiger charge is -2.34. The fourth-order valence-corrected chi connectivity index (χ4v) is 6.25. The van der Waals surface area contributed by atoms with E-state index in [0.29, 0.717) is 17.3 Å². The second-order valence-electron chi connectivity index (χ2n) is 10.4. The smallest absolute Gasteiger partial charge is 0.264 e. The topological polar surface area (TPSA) is 86.8 Å². The summed E-state index contributed by atoms with van der Waals surface area (Å²) in [6, 6.07) is 29.1. The zero-order chi connectivity index (χ0) is 31.0. The Balaban J connectivity index is 1.78. The number of carbonyl (C=O) groups excluding carboxylic acids is 2. The minimum Gasteiger partial charge on any atom is -0.355 e. The molecule has 0 bridgehead atoms. The first-order valence-electron chi connectivity index (χ1n) is 14.1. The molecule has 0 aliphatic heterocycles. The molecule has 0 spiro atoms. The van der Waals surface area contributed by atoms with Crippen LogP contribution in [0.5, 0.6) is 0 Å². The number of anilines is 1. The second-order valence-corrected chi connectivity index (χ2v) is 12.7. The molecule has 1 N–H and O–H groups in total. The van der Waals surface area contributed by atoms with Gasteiger partial charge in [-0.3, -0.25) is 13.9 Å². The molecule has 0 fully saturated rings. The molecule has 43 heavy (non-hydrogen) atoms. The van der Waals surface area contributed by atoms with Crippen molar-refractivity contribution in [1.29, 1.82) is 0 Å². The van der Waals surface area contributed by atoms with Gasteiger partial charge in [0.15, 0.2) is 0 Å². The number of amides is 2. The molecule has 0 radical (unpaired) electrons. The average molecular weight is 618 g/mol. The molecule has 0 aromatic heterocycles. The minimum atomic E-state index is -4.14. The van der Waals surface area contributed by atoms with Crippen LogP contribution in [0.15, 0.2) is 108 Å². The molecule has 0 unspecified atom stereocenters. The van der Waals surface area contributed by atoms with E-state index in [1.54, 1.807) is 60.7 Å². The molecule has 0 saturated heterocycles. The van der Waals surface area contributed by atoms with Crippen LogP contribution < -0.4 is 9.62 Å². The van der Waals surface area contributed by atoms with Crippen LogP contribution in [0.2, 0.25) is 5.02 Å². The molecule has 4 aromatic rings. The van der Waals surface area contributed by atoms with Crippen molar-refractivity contribution in [2.75, 3.05) is 17.4 Å². The Morgan fingerprint density at radius 2 is 1.37 bits per heavy atom. The Kier molecular flexibility index (Phi) is 10.6. The number of likely N-dealkylation sites (N-methyl/N-ethyl adjacent to an activating group) is 1. The first kappa shape index (κ1) is 31.8. The third-order valence-corrected chi connectivity index (χ3v) is 9.14. The quantitative estimate of drug-likeness (QED) is 0.214. The standard InChI is InChI=1S/C34H36ClN3O4S/c1-4-36-34(40)32(22-27-8-6-5-7-9-27)37(23-28-14-16-29(35)17-15-28)33(39)24-38(30-18-10-25(2)11-19-30)43(41,42)31-20-12-26(3)13-21-31/h5-21,32H,4,22-24H2,1-3H3,(H,36,40)/t32-/m0/s1. The van der Waals surface area contributed by atoms with Crippen molar-refractivity contribution < 1.29 is 18.0 Å². The van der Waals surface area contributed by atoms with Crippen molar-refractivity contribution in [2.24, 2.45) is 0 Å². The second kappa shape index (κ2) is 14.4. The van der Waals surface area contributed by atoms with Crippen molar-refractivity contribution in [1.82, 2.24) is 10.2 Å². The van der Waals surface area contributed by atoms with Crippen LogP contribution >= 0.6 is 11.6 Å². The van der Waals surface area contributed by atoms with Gasteiger partial charge in [0.2, 0.25) is 11.8 Å². The van der Waals surface area contributed by atoms with Gasteiger partial charge < -0.3 is 10.2 Å². The largest absolute Gasteiger partial charge is 0.355 e. The van der Waals surface area contributed by atoms with Crippen LogP contribution in [-0.2, 0) is 32.6 Å². The highest BCUT2D eigenvalue weighted by Crippen LogP contribution is 2.26. The maximum Gasteiger partial charge on any atom is 0.264 e. The Morgan fingerprint density at radius 3 is 1.95 bits per heavy atom. The molecule has 0 aliphatic carbocycles. The fraction of sp³-hybridized carbons (Fsp3) is 0.235. The number of hydrogen-bond donors (Lipinski definition) is 1. The monoisotopic (exact) mass is 617 g/mol. The molecule has 4 aromatic carbocycles. The number of rotatable bonds is 12. The highest BCUT2D eigenvalue weighted by atomic mass is 35.5. The van der Waals surface area contributed by atoms with Crippen LogP contribution in [-0.4, -0.2) is 44.3 Å². The fourth-order valence-electron chi connectivity index (χ4n) is 4.71. The summed E-state index contributed by atoms with van der Waals surface area (Å²) in [4.78, 5) is 29.4. The van der Waals surface area contributed by atoms with Crippen molar-refractivity contribution in [3.8, 4) is 0 Å². The van der Waals surface area contributed by atoms with E-state index < -0.39 is 28.5 Å². The molecule has 0 aliphatic rings. The van der Waals surface area contributed by atoms with Gasteiger partial charge in [-0.05, 0) is 68.3 Å². The number of aryl methyl sites for hydroxylation is 2. The molecule has 0 heterocycles. The van der Waals surface area contributed by atoms with Crippen LogP contribution in [0.25, 0.3) is 0 Å². The van der Waals surface area contributed by atoms with Crippen molar-refractivity contribution >= 4 is 39.1 Å². The molecule has 9 heteroatoms. The summed E-state index contributed by atoms with van der Waals surface area (Å²) in [6.45, 7) is 5.55. The van der Waals surface area contributed by atoms with Gasteiger partial charge in [-0.2, -0.15) is 0 Å². The average Bonchev–Trinajstić information content (AvgIpc) is 3.00. The summed E-state index contributed by atoms with van der Waals surface area (Å²) in [5.41, 5.74) is 3.84. The first-order valence-corrected chi connectivity index (χ1v) is 15.9. The van der Waals surface area contributed by atoms with Crippen molar-refractivity contribution in [2.45, 2.75) is 44.7 Å². The van der Waals surface area contributed by atoms with E-state index in [2.05, 4.69) is 5.32 Å². The van der Waals surface area contributed by atoms with Crippen LogP contribution in [0.1, 0.15) is 29.2 Å². The van der Waals surface area contributed by atoms with E-state index in [0.717, 1.165) is 26.6 Å². The summed E-state index contributed by atoms with van der Waals surface area (Å²) in [5.74, 6) is -0.838. The number of benzene rings is 4. The SMILES string of the molecule is CCNC(=O)[C@H](Cc1ccccc1)N(Cc1ccc(Cl)cc1)C(=O)CN(c1ccc(C)cc1)S(=O)(=O)c1ccc(C)cc1. The zero-order valence-electron chi connectivity index (χ0n) is 24.5. The van der Waals surface area contributed by atoms with Crippen molar-refractivity contribution in [3.63, 3.8) is 0 Å². The van der Waals surface area contributed by atoms with Gasteiger partial charge in [-0.15, -0.1) is 0 Å². The van der Waals surface area contributed by atoms with Crippen molar-refractivity contribution in [3.05, 3.63) is 130 Å². The van der Waals surface area contributed by atoms with E-state index >= 15 is 0 Å². The predicted molar refractivity (Wildman–Crippen MR) is 172 cm³/mol. The number of hydrogen-bond acceptors (Lipinski definition) is 4. The molecule has 0 saturated carbocycles. The van der Waals surface area contributed by atoms with Gasteiger partial charge in [0.1, 0.15) is 12.6 Å². The number of carbonyl (C=O) groups is 2. The van der Waals surface area contributed by atoms with Gasteiger partial charge >= 0.3 is 0 Å². The Labute approximate surface area is 259 Å². The lowest BCUT2D eigenvalue weighted by atomic mass is 10.0. The normalized spacial score (nSPS) is 11.9. The summed E-state index contributed by atoms with van der Waals surface area (Å²) in [6.07, 6.45) is 0.251. The van der Waals surface area contributed by atoms with E-state index in [1.807, 2.05) is 51.1 Å². The molecule has 2 amide bonds. The van der Waals surface area contributed by atoms with E-state index in [4.69, 9.17) is 11.6 Å². The Hall–Kier alpha value is -4.14. The van der Waals surface area contributed by atoms with Gasteiger partial charge in [0, 0.05) is 24.5 Å². The van der Waals surface area contributed by atoms with Crippen LogP contribution in [0.4, 0.5) is 5.69 Å². The lowest BCUT2D eigenvalue weighted by Crippen LogP contribution is -2.53. The lowest BCUT2D eigenvalue weighted by molar-refractivity contribution is -0.140. The summed E-state index contributed by atoms with van der Waals surface area (Å²) in [5, 5.41) is 3.41. The molecule has 7 nitrogen and oxygen atoms in total. The third-order valence-electron chi connectivity index (χ3n) is 7.10. The number of nitrogens with one attached hydrogen (secondary N) is 1. The zero-order valence-corrected chi connectivity index (χ0v) is 26.1. The molecular formula is C34H36ClN3O4S. The summed E-state index contributed by atoms with van der Waals surface area (Å²) in [7, 11) is -4.14. The predicted octanol–water partition coefficient (Wildman–Crippen LogP) is 5.93. The first-order chi connectivity index (χ1) is 20.6. The highest BCUT2D eigenvalue weighted by molar-refractivity contribution is 7.92. The summed E-state index contributed by atoms with van der Waals surface area (Å²) < 4.78 is 29.2. The summed E-state index contributed by atoms with van der Waals surface area (Å²) >= 11 is 6.12. The van der Waals surface area contributed by atoms with Crippen LogP contribution in [0.3, 0.4) is 0 Å². The molecular weight excluding hydrogens is 582 g/mol. The van der Waals surface area contributed by atoms with Gasteiger partial charge in [-0.1, -0.05) is 89.5 Å². The number of halogens is 1. The maximum absolute atomic E-state index is 14.4. The van der Waals surface area contributed by atoms with Gasteiger partial charge in [0.05, 0.1) is 10.6 Å². The van der Waals surface area contributed by atoms with Gasteiger partial charge in [0.25, 0.3) is 10.0 Å². The Morgan fingerprint density at radius 1 is 0.791 bits per heavy atom. The third kappa shape index (κ3) is 8.24. The Bertz CT molecular complexity index is 1630. The highest BCUT2D eigenvalue weighted by Gasteiger charge is 2.34. The number of nitrogens with zero attached hydrogens (tertiary/aromatic N) is 2. The number of sulfonamides is 1. The molecule has 224 valence electrons. The van der Waals surface area contributed by atoms with Crippen LogP contribution in [0, 0.1) is 13.8 Å². The molecule has 4 rings (SSSR count). The molecule has 1 atom stereocenters.